The molecule has 1 aliphatic heterocycles. The number of benzene rings is 2. The molecule has 1 saturated heterocycles. The van der Waals surface area contributed by atoms with Crippen molar-refractivity contribution in [2.75, 3.05) is 20.1 Å². The summed E-state index contributed by atoms with van der Waals surface area (Å²) in [5.41, 5.74) is 2.34. The molecule has 5 heteroatoms. The van der Waals surface area contributed by atoms with Crippen LogP contribution in [0.2, 0.25) is 0 Å². The molecule has 0 unspecified atom stereocenters. The molecule has 1 aromatic heterocycles. The number of hydrogen-bond donors (Lipinski definition) is 1. The van der Waals surface area contributed by atoms with Crippen LogP contribution in [0.5, 0.6) is 0 Å². The average molecular weight is 361 g/mol. The van der Waals surface area contributed by atoms with Gasteiger partial charge in [0.15, 0.2) is 5.76 Å². The van der Waals surface area contributed by atoms with Crippen LogP contribution in [0.1, 0.15) is 23.2 Å². The molecule has 0 saturated carbocycles. The fourth-order valence-electron chi connectivity index (χ4n) is 3.53. The van der Waals surface area contributed by atoms with Gasteiger partial charge in [-0.15, -0.1) is 0 Å². The van der Waals surface area contributed by atoms with E-state index in [9.17, 15) is 4.79 Å². The SMILES string of the molecule is CNC1CCN(C(=O)c2ccccc2-c2ncc(-c3ccccc3)o2)CC1. The maximum atomic E-state index is 13.1. The Bertz CT molecular complexity index is 912. The fraction of sp³-hybridized carbons (Fsp3) is 0.273. The third-order valence-corrected chi connectivity index (χ3v) is 5.14. The highest BCUT2D eigenvalue weighted by Crippen LogP contribution is 2.29. The van der Waals surface area contributed by atoms with Crippen molar-refractivity contribution in [3.8, 4) is 22.8 Å². The first-order valence-corrected chi connectivity index (χ1v) is 9.33. The van der Waals surface area contributed by atoms with Crippen LogP contribution in [-0.2, 0) is 0 Å². The Morgan fingerprint density at radius 1 is 1.07 bits per heavy atom. The van der Waals surface area contributed by atoms with E-state index in [0.29, 0.717) is 23.3 Å². The summed E-state index contributed by atoms with van der Waals surface area (Å²) in [4.78, 5) is 19.5. The molecule has 27 heavy (non-hydrogen) atoms. The Kier molecular flexibility index (Phi) is 5.03. The largest absolute Gasteiger partial charge is 0.436 e. The normalized spacial score (nSPS) is 15.1. The van der Waals surface area contributed by atoms with Crippen molar-refractivity contribution >= 4 is 5.91 Å². The molecular formula is C22H23N3O2. The lowest BCUT2D eigenvalue weighted by Gasteiger charge is -2.32. The summed E-state index contributed by atoms with van der Waals surface area (Å²) < 4.78 is 5.98. The van der Waals surface area contributed by atoms with Gasteiger partial charge < -0.3 is 14.6 Å². The van der Waals surface area contributed by atoms with E-state index in [0.717, 1.165) is 37.1 Å². The van der Waals surface area contributed by atoms with E-state index in [-0.39, 0.29) is 5.91 Å². The first-order chi connectivity index (χ1) is 13.3. The number of piperidine rings is 1. The molecule has 2 heterocycles. The van der Waals surface area contributed by atoms with Crippen LogP contribution in [-0.4, -0.2) is 42.0 Å². The van der Waals surface area contributed by atoms with Crippen LogP contribution in [0.25, 0.3) is 22.8 Å². The van der Waals surface area contributed by atoms with Gasteiger partial charge in [-0.2, -0.15) is 0 Å². The van der Waals surface area contributed by atoms with Crippen molar-refractivity contribution in [1.82, 2.24) is 15.2 Å². The van der Waals surface area contributed by atoms with E-state index in [4.69, 9.17) is 4.42 Å². The van der Waals surface area contributed by atoms with E-state index in [1.165, 1.54) is 0 Å². The zero-order valence-corrected chi connectivity index (χ0v) is 15.4. The number of aromatic nitrogens is 1. The predicted molar refractivity (Wildman–Crippen MR) is 105 cm³/mol. The number of nitrogens with one attached hydrogen (secondary N) is 1. The highest BCUT2D eigenvalue weighted by molar-refractivity contribution is 6.00. The molecule has 1 N–H and O–H groups in total. The van der Waals surface area contributed by atoms with Crippen LogP contribution in [0.3, 0.4) is 0 Å². The highest BCUT2D eigenvalue weighted by atomic mass is 16.4. The van der Waals surface area contributed by atoms with E-state index in [1.54, 1.807) is 6.20 Å². The Morgan fingerprint density at radius 3 is 2.52 bits per heavy atom. The predicted octanol–water partition coefficient (Wildman–Crippen LogP) is 3.83. The van der Waals surface area contributed by atoms with Gasteiger partial charge in [0.25, 0.3) is 5.91 Å². The zero-order chi connectivity index (χ0) is 18.6. The Hall–Kier alpha value is -2.92. The van der Waals surface area contributed by atoms with Crippen LogP contribution < -0.4 is 5.32 Å². The van der Waals surface area contributed by atoms with Gasteiger partial charge in [-0.1, -0.05) is 42.5 Å². The first-order valence-electron chi connectivity index (χ1n) is 9.33. The second-order valence-electron chi connectivity index (χ2n) is 6.80. The maximum absolute atomic E-state index is 13.1. The molecule has 0 spiro atoms. The van der Waals surface area contributed by atoms with Gasteiger partial charge in [0.1, 0.15) is 0 Å². The zero-order valence-electron chi connectivity index (χ0n) is 15.4. The Balaban J connectivity index is 1.60. The smallest absolute Gasteiger partial charge is 0.254 e. The number of oxazole rings is 1. The standard InChI is InChI=1S/C22H23N3O2/c1-23-17-11-13-25(14-12-17)22(26)19-10-6-5-9-18(19)21-24-15-20(27-21)16-7-3-2-4-8-16/h2-10,15,17,23H,11-14H2,1H3. The molecular weight excluding hydrogens is 338 g/mol. The molecule has 138 valence electrons. The van der Waals surface area contributed by atoms with Gasteiger partial charge in [0, 0.05) is 30.3 Å². The first kappa shape index (κ1) is 17.5. The number of carbonyl (C=O) groups is 1. The third kappa shape index (κ3) is 3.64. The minimum absolute atomic E-state index is 0.0413. The minimum atomic E-state index is 0.0413. The molecule has 2 aromatic carbocycles. The van der Waals surface area contributed by atoms with Crippen molar-refractivity contribution < 1.29 is 9.21 Å². The van der Waals surface area contributed by atoms with Crippen LogP contribution in [0, 0.1) is 0 Å². The number of likely N-dealkylation sites (tertiary alicyclic amines) is 1. The van der Waals surface area contributed by atoms with Crippen molar-refractivity contribution in [3.63, 3.8) is 0 Å². The second-order valence-corrected chi connectivity index (χ2v) is 6.80. The monoisotopic (exact) mass is 361 g/mol. The van der Waals surface area contributed by atoms with E-state index in [2.05, 4.69) is 10.3 Å². The van der Waals surface area contributed by atoms with Gasteiger partial charge in [-0.3, -0.25) is 4.79 Å². The molecule has 0 radical (unpaired) electrons. The van der Waals surface area contributed by atoms with E-state index in [1.807, 2.05) is 66.5 Å². The van der Waals surface area contributed by atoms with Crippen LogP contribution in [0.4, 0.5) is 0 Å². The van der Waals surface area contributed by atoms with E-state index < -0.39 is 0 Å². The van der Waals surface area contributed by atoms with Crippen LogP contribution in [0.15, 0.2) is 65.2 Å². The lowest BCUT2D eigenvalue weighted by molar-refractivity contribution is 0.0708. The van der Waals surface area contributed by atoms with Crippen LogP contribution >= 0.6 is 0 Å². The van der Waals surface area contributed by atoms with Crippen molar-refractivity contribution in [1.29, 1.82) is 0 Å². The number of amides is 1. The topological polar surface area (TPSA) is 58.4 Å². The van der Waals surface area contributed by atoms with Gasteiger partial charge in [-0.25, -0.2) is 4.98 Å². The van der Waals surface area contributed by atoms with E-state index >= 15 is 0 Å². The molecule has 0 atom stereocenters. The van der Waals surface area contributed by atoms with Crippen molar-refractivity contribution in [2.45, 2.75) is 18.9 Å². The molecule has 4 rings (SSSR count). The molecule has 5 nitrogen and oxygen atoms in total. The lowest BCUT2D eigenvalue weighted by Crippen LogP contribution is -2.44. The summed E-state index contributed by atoms with van der Waals surface area (Å²) in [6.07, 6.45) is 3.66. The summed E-state index contributed by atoms with van der Waals surface area (Å²) in [7, 11) is 1.98. The van der Waals surface area contributed by atoms with Gasteiger partial charge in [-0.05, 0) is 32.0 Å². The van der Waals surface area contributed by atoms with Gasteiger partial charge in [0.2, 0.25) is 5.89 Å². The molecule has 1 amide bonds. The number of carbonyl (C=O) groups excluding carboxylic acids is 1. The molecule has 3 aromatic rings. The fourth-order valence-corrected chi connectivity index (χ4v) is 3.53. The number of nitrogens with zero attached hydrogens (tertiary/aromatic N) is 2. The van der Waals surface area contributed by atoms with Crippen molar-refractivity contribution in [3.05, 3.63) is 66.4 Å². The average Bonchev–Trinajstić information content (AvgIpc) is 3.24. The number of rotatable bonds is 4. The number of hydrogen-bond acceptors (Lipinski definition) is 4. The maximum Gasteiger partial charge on any atom is 0.254 e. The quantitative estimate of drug-likeness (QED) is 0.767. The molecule has 1 fully saturated rings. The highest BCUT2D eigenvalue weighted by Gasteiger charge is 2.25. The Morgan fingerprint density at radius 2 is 1.78 bits per heavy atom. The summed E-state index contributed by atoms with van der Waals surface area (Å²) in [6.45, 7) is 1.53. The minimum Gasteiger partial charge on any atom is -0.436 e. The molecule has 0 aliphatic carbocycles. The van der Waals surface area contributed by atoms with Gasteiger partial charge >= 0.3 is 0 Å². The van der Waals surface area contributed by atoms with Gasteiger partial charge in [0.05, 0.1) is 11.8 Å². The summed E-state index contributed by atoms with van der Waals surface area (Å²) in [5.74, 6) is 1.21. The second kappa shape index (κ2) is 7.76. The molecule has 0 bridgehead atoms. The summed E-state index contributed by atoms with van der Waals surface area (Å²) in [6, 6.07) is 17.9. The molecule has 1 aliphatic rings. The van der Waals surface area contributed by atoms with Crippen molar-refractivity contribution in [2.24, 2.45) is 0 Å². The lowest BCUT2D eigenvalue weighted by atomic mass is 10.0. The third-order valence-electron chi connectivity index (χ3n) is 5.14. The Labute approximate surface area is 159 Å². The summed E-state index contributed by atoms with van der Waals surface area (Å²) >= 11 is 0. The summed E-state index contributed by atoms with van der Waals surface area (Å²) in [5, 5.41) is 3.30.